The number of nitrogens with one attached hydrogen (secondary N) is 1. The number of piperidine rings is 1. The molecule has 1 aliphatic rings. The van der Waals surface area contributed by atoms with Crippen LogP contribution >= 0.6 is 11.3 Å². The molecule has 2 amide bonds. The number of anilines is 1. The predicted octanol–water partition coefficient (Wildman–Crippen LogP) is 3.31. The number of rotatable bonds is 4. The topological polar surface area (TPSA) is 78.9 Å². The van der Waals surface area contributed by atoms with Gasteiger partial charge in [0.2, 0.25) is 0 Å². The van der Waals surface area contributed by atoms with Crippen molar-refractivity contribution in [3.8, 4) is 0 Å². The van der Waals surface area contributed by atoms with Crippen LogP contribution in [0.1, 0.15) is 29.4 Å². The smallest absolute Gasteiger partial charge is 0.348 e. The van der Waals surface area contributed by atoms with Gasteiger partial charge in [-0.2, -0.15) is 0 Å². The summed E-state index contributed by atoms with van der Waals surface area (Å²) < 4.78 is 6.00. The van der Waals surface area contributed by atoms with Gasteiger partial charge in [-0.15, -0.1) is 11.3 Å². The van der Waals surface area contributed by atoms with Crippen molar-refractivity contribution in [2.45, 2.75) is 19.8 Å². The lowest BCUT2D eigenvalue weighted by atomic mass is 9.98. The summed E-state index contributed by atoms with van der Waals surface area (Å²) >= 11 is 1.38. The lowest BCUT2D eigenvalue weighted by Crippen LogP contribution is -2.41. The van der Waals surface area contributed by atoms with E-state index in [9.17, 15) is 14.7 Å². The van der Waals surface area contributed by atoms with Gasteiger partial charge in [0.25, 0.3) is 0 Å². The van der Waals surface area contributed by atoms with E-state index in [4.69, 9.17) is 4.74 Å². The van der Waals surface area contributed by atoms with Crippen LogP contribution in [0.25, 0.3) is 10.1 Å². The van der Waals surface area contributed by atoms with E-state index in [1.165, 1.54) is 11.3 Å². The molecule has 2 heterocycles. The normalized spacial score (nSPS) is 15.4. The minimum Gasteiger partial charge on any atom is -0.462 e. The number of aliphatic hydroxyl groups excluding tert-OH is 1. The standard InChI is InChI=1S/C18H22N2O4S/c1-2-24-17(22)16-10-13-9-14(3-4-15(13)25-16)19-18(23)20-7-5-12(11-21)6-8-20/h3-4,9-10,12,21H,2,5-8,11H2,1H3,(H,19,23). The molecule has 134 valence electrons. The summed E-state index contributed by atoms with van der Waals surface area (Å²) in [4.78, 5) is 26.5. The van der Waals surface area contributed by atoms with Crippen LogP contribution in [0.5, 0.6) is 0 Å². The minimum atomic E-state index is -0.318. The second kappa shape index (κ2) is 7.84. The van der Waals surface area contributed by atoms with E-state index in [-0.39, 0.29) is 18.6 Å². The van der Waals surface area contributed by atoms with Gasteiger partial charge in [0.15, 0.2) is 0 Å². The van der Waals surface area contributed by atoms with Gasteiger partial charge >= 0.3 is 12.0 Å². The molecule has 1 aromatic heterocycles. The van der Waals surface area contributed by atoms with Crippen LogP contribution in [0.2, 0.25) is 0 Å². The molecule has 2 N–H and O–H groups in total. The number of fused-ring (bicyclic) bond motifs is 1. The van der Waals surface area contributed by atoms with Crippen molar-refractivity contribution in [1.29, 1.82) is 0 Å². The predicted molar refractivity (Wildman–Crippen MR) is 98.2 cm³/mol. The molecule has 1 aromatic carbocycles. The molecule has 0 atom stereocenters. The zero-order chi connectivity index (χ0) is 17.8. The summed E-state index contributed by atoms with van der Waals surface area (Å²) in [5.74, 6) is -0.0199. The average Bonchev–Trinajstić information content (AvgIpc) is 3.05. The lowest BCUT2D eigenvalue weighted by Gasteiger charge is -2.31. The fourth-order valence-corrected chi connectivity index (χ4v) is 3.88. The third kappa shape index (κ3) is 4.11. The average molecular weight is 362 g/mol. The highest BCUT2D eigenvalue weighted by Gasteiger charge is 2.22. The molecule has 0 unspecified atom stereocenters. The highest BCUT2D eigenvalue weighted by atomic mass is 32.1. The summed E-state index contributed by atoms with van der Waals surface area (Å²) in [7, 11) is 0. The Morgan fingerprint density at radius 3 is 2.76 bits per heavy atom. The number of hydrogen-bond donors (Lipinski definition) is 2. The molecule has 1 aliphatic heterocycles. The largest absolute Gasteiger partial charge is 0.462 e. The Bertz CT molecular complexity index is 766. The second-order valence-electron chi connectivity index (χ2n) is 6.13. The van der Waals surface area contributed by atoms with E-state index >= 15 is 0 Å². The van der Waals surface area contributed by atoms with Gasteiger partial charge in [0.1, 0.15) is 4.88 Å². The van der Waals surface area contributed by atoms with Crippen LogP contribution < -0.4 is 5.32 Å². The number of carbonyl (C=O) groups is 2. The first-order valence-electron chi connectivity index (χ1n) is 8.48. The Hall–Kier alpha value is -2.12. The molecule has 7 heteroatoms. The fraction of sp³-hybridized carbons (Fsp3) is 0.444. The van der Waals surface area contributed by atoms with Crippen LogP contribution in [0.3, 0.4) is 0 Å². The molecular weight excluding hydrogens is 340 g/mol. The summed E-state index contributed by atoms with van der Waals surface area (Å²) in [6.45, 7) is 3.63. The first-order chi connectivity index (χ1) is 12.1. The molecule has 3 rings (SSSR count). The van der Waals surface area contributed by atoms with Crippen LogP contribution in [0.15, 0.2) is 24.3 Å². The van der Waals surface area contributed by atoms with Gasteiger partial charge in [0.05, 0.1) is 6.61 Å². The third-order valence-electron chi connectivity index (χ3n) is 4.40. The summed E-state index contributed by atoms with van der Waals surface area (Å²) in [6, 6.07) is 7.27. The number of amides is 2. The molecule has 1 saturated heterocycles. The van der Waals surface area contributed by atoms with Crippen LogP contribution in [-0.4, -0.2) is 48.3 Å². The number of nitrogens with zero attached hydrogens (tertiary/aromatic N) is 1. The second-order valence-corrected chi connectivity index (χ2v) is 7.21. The van der Waals surface area contributed by atoms with Crippen LogP contribution in [-0.2, 0) is 4.74 Å². The molecule has 2 aromatic rings. The monoisotopic (exact) mass is 362 g/mol. The Balaban J connectivity index is 1.67. The Morgan fingerprint density at radius 2 is 2.08 bits per heavy atom. The van der Waals surface area contributed by atoms with E-state index in [1.54, 1.807) is 17.9 Å². The maximum atomic E-state index is 12.4. The number of aliphatic hydroxyl groups is 1. The van der Waals surface area contributed by atoms with Crippen molar-refractivity contribution in [1.82, 2.24) is 4.90 Å². The molecule has 0 spiro atoms. The van der Waals surface area contributed by atoms with E-state index in [1.807, 2.05) is 18.2 Å². The van der Waals surface area contributed by atoms with Crippen molar-refractivity contribution < 1.29 is 19.4 Å². The summed E-state index contributed by atoms with van der Waals surface area (Å²) in [6.07, 6.45) is 1.66. The number of hydrogen-bond acceptors (Lipinski definition) is 5. The fourth-order valence-electron chi connectivity index (χ4n) is 2.95. The highest BCUT2D eigenvalue weighted by Crippen LogP contribution is 2.29. The summed E-state index contributed by atoms with van der Waals surface area (Å²) in [5, 5.41) is 13.0. The molecule has 1 fully saturated rings. The van der Waals surface area contributed by atoms with Gasteiger partial charge in [-0.3, -0.25) is 0 Å². The quantitative estimate of drug-likeness (QED) is 0.818. The molecule has 25 heavy (non-hydrogen) atoms. The molecular formula is C18H22N2O4S. The van der Waals surface area contributed by atoms with Crippen molar-refractivity contribution >= 4 is 39.1 Å². The number of likely N-dealkylation sites (tertiary alicyclic amines) is 1. The number of benzene rings is 1. The van der Waals surface area contributed by atoms with Gasteiger partial charge in [-0.25, -0.2) is 9.59 Å². The minimum absolute atomic E-state index is 0.128. The van der Waals surface area contributed by atoms with Crippen LogP contribution in [0, 0.1) is 5.92 Å². The van der Waals surface area contributed by atoms with E-state index in [2.05, 4.69) is 5.32 Å². The first-order valence-corrected chi connectivity index (χ1v) is 9.30. The first kappa shape index (κ1) is 17.7. The highest BCUT2D eigenvalue weighted by molar-refractivity contribution is 7.20. The molecule has 0 bridgehead atoms. The van der Waals surface area contributed by atoms with Crippen molar-refractivity contribution in [3.05, 3.63) is 29.1 Å². The lowest BCUT2D eigenvalue weighted by molar-refractivity contribution is 0.0532. The van der Waals surface area contributed by atoms with Gasteiger partial charge in [-0.05, 0) is 55.3 Å². The van der Waals surface area contributed by atoms with Crippen molar-refractivity contribution in [2.24, 2.45) is 5.92 Å². The van der Waals surface area contributed by atoms with Gasteiger partial charge < -0.3 is 20.1 Å². The summed E-state index contributed by atoms with van der Waals surface area (Å²) in [5.41, 5.74) is 0.704. The zero-order valence-corrected chi connectivity index (χ0v) is 15.0. The molecule has 6 nitrogen and oxygen atoms in total. The maximum absolute atomic E-state index is 12.4. The number of urea groups is 1. The Labute approximate surface area is 150 Å². The van der Waals surface area contributed by atoms with E-state index in [0.29, 0.717) is 36.2 Å². The van der Waals surface area contributed by atoms with Crippen molar-refractivity contribution in [3.63, 3.8) is 0 Å². The Morgan fingerprint density at radius 1 is 1.32 bits per heavy atom. The van der Waals surface area contributed by atoms with Crippen LogP contribution in [0.4, 0.5) is 10.5 Å². The zero-order valence-electron chi connectivity index (χ0n) is 14.2. The van der Waals surface area contributed by atoms with Gasteiger partial charge in [0, 0.05) is 30.1 Å². The molecule has 0 saturated carbocycles. The van der Waals surface area contributed by atoms with Crippen molar-refractivity contribution in [2.75, 3.05) is 31.6 Å². The number of ether oxygens (including phenoxy) is 1. The number of carbonyl (C=O) groups excluding carboxylic acids is 2. The molecule has 0 aliphatic carbocycles. The Kier molecular flexibility index (Phi) is 5.55. The van der Waals surface area contributed by atoms with Gasteiger partial charge in [-0.1, -0.05) is 0 Å². The maximum Gasteiger partial charge on any atom is 0.348 e. The molecule has 0 radical (unpaired) electrons. The SMILES string of the molecule is CCOC(=O)c1cc2cc(NC(=O)N3CCC(CO)CC3)ccc2s1. The number of thiophene rings is 1. The van der Waals surface area contributed by atoms with E-state index < -0.39 is 0 Å². The number of esters is 1. The third-order valence-corrected chi connectivity index (χ3v) is 5.50. The van der Waals surface area contributed by atoms with E-state index in [0.717, 1.165) is 22.9 Å².